The summed E-state index contributed by atoms with van der Waals surface area (Å²) in [5.74, 6) is 1.25. The lowest BCUT2D eigenvalue weighted by molar-refractivity contribution is -0.904. The Kier molecular flexibility index (Phi) is 4.98. The predicted octanol–water partition coefficient (Wildman–Crippen LogP) is 2.09. The van der Waals surface area contributed by atoms with Gasteiger partial charge >= 0.3 is 0 Å². The van der Waals surface area contributed by atoms with Gasteiger partial charge in [0.05, 0.1) is 18.8 Å². The molecule has 3 rings (SSSR count). The molecule has 1 aromatic carbocycles. The molecule has 2 heterocycles. The van der Waals surface area contributed by atoms with Gasteiger partial charge in [-0.05, 0) is 18.6 Å². The van der Waals surface area contributed by atoms with Crippen LogP contribution in [-0.2, 0) is 4.79 Å². The highest BCUT2D eigenvalue weighted by atomic mass is 32.2. The van der Waals surface area contributed by atoms with Crippen LogP contribution in [0.4, 0.5) is 5.69 Å². The maximum absolute atomic E-state index is 12.8. The highest BCUT2D eigenvalue weighted by molar-refractivity contribution is 8.03. The van der Waals surface area contributed by atoms with Crippen LogP contribution in [0, 0.1) is 23.2 Å². The van der Waals surface area contributed by atoms with Gasteiger partial charge in [-0.3, -0.25) is 4.79 Å². The number of nitriles is 1. The minimum absolute atomic E-state index is 0.0315. The summed E-state index contributed by atoms with van der Waals surface area (Å²) in [7, 11) is 1.93. The first-order valence-electron chi connectivity index (χ1n) is 8.51. The molecule has 5 heteroatoms. The van der Waals surface area contributed by atoms with Crippen molar-refractivity contribution in [3.05, 3.63) is 34.9 Å². The Hall–Kier alpha value is -1.77. The molecule has 2 aliphatic heterocycles. The number of Topliss-reactive ketones (excluding diaryl/α,β-unsaturated/α-hetero) is 1. The number of anilines is 1. The molecule has 0 aliphatic carbocycles. The van der Waals surface area contributed by atoms with Crippen molar-refractivity contribution < 1.29 is 9.69 Å². The van der Waals surface area contributed by atoms with E-state index < -0.39 is 0 Å². The first kappa shape index (κ1) is 17.1. The summed E-state index contributed by atoms with van der Waals surface area (Å²) < 4.78 is 0. The lowest BCUT2D eigenvalue weighted by Crippen LogP contribution is -3.15. The number of nitrogens with zero attached hydrogens (tertiary/aromatic N) is 2. The smallest absolute Gasteiger partial charge is 0.230 e. The van der Waals surface area contributed by atoms with Crippen molar-refractivity contribution in [3.8, 4) is 6.07 Å². The molecule has 0 amide bonds. The van der Waals surface area contributed by atoms with Crippen molar-refractivity contribution >= 4 is 23.2 Å². The van der Waals surface area contributed by atoms with Crippen molar-refractivity contribution in [2.75, 3.05) is 31.6 Å². The molecule has 2 aliphatic rings. The lowest BCUT2D eigenvalue weighted by Gasteiger charge is -2.31. The van der Waals surface area contributed by atoms with Gasteiger partial charge in [0.1, 0.15) is 23.2 Å². The van der Waals surface area contributed by atoms with Gasteiger partial charge in [0.2, 0.25) is 5.78 Å². The van der Waals surface area contributed by atoms with Gasteiger partial charge in [-0.25, -0.2) is 0 Å². The van der Waals surface area contributed by atoms with Gasteiger partial charge < -0.3 is 9.80 Å². The Morgan fingerprint density at radius 2 is 2.00 bits per heavy atom. The quantitative estimate of drug-likeness (QED) is 0.675. The first-order valence-corrected chi connectivity index (χ1v) is 9.33. The molecule has 0 unspecified atom stereocenters. The molecule has 1 N–H and O–H groups in total. The van der Waals surface area contributed by atoms with E-state index in [0.717, 1.165) is 28.7 Å². The first-order chi connectivity index (χ1) is 11.5. The Morgan fingerprint density at radius 3 is 2.62 bits per heavy atom. The monoisotopic (exact) mass is 342 g/mol. The molecular weight excluding hydrogens is 318 g/mol. The topological polar surface area (TPSA) is 48.5 Å². The molecule has 0 radical (unpaired) electrons. The van der Waals surface area contributed by atoms with Crippen LogP contribution < -0.4 is 9.80 Å². The van der Waals surface area contributed by atoms with Crippen molar-refractivity contribution in [1.82, 2.24) is 0 Å². The van der Waals surface area contributed by atoms with Gasteiger partial charge in [-0.1, -0.05) is 37.7 Å². The van der Waals surface area contributed by atoms with Crippen LogP contribution in [0.3, 0.4) is 0 Å². The van der Waals surface area contributed by atoms with Gasteiger partial charge in [0, 0.05) is 23.8 Å². The minimum Gasteiger partial charge on any atom is -0.337 e. The Labute approximate surface area is 148 Å². The van der Waals surface area contributed by atoms with E-state index in [0.29, 0.717) is 24.0 Å². The summed E-state index contributed by atoms with van der Waals surface area (Å²) in [6, 6.07) is 10.2. The Morgan fingerprint density at radius 1 is 1.33 bits per heavy atom. The summed E-state index contributed by atoms with van der Waals surface area (Å²) in [6.07, 6.45) is 1.23. The molecule has 0 spiro atoms. The maximum atomic E-state index is 12.8. The number of ketones is 1. The number of carbonyl (C=O) groups excluding carboxylic acids is 1. The van der Waals surface area contributed by atoms with E-state index in [1.807, 2.05) is 36.2 Å². The van der Waals surface area contributed by atoms with Gasteiger partial charge in [-0.2, -0.15) is 5.26 Å². The molecule has 0 bridgehead atoms. The molecule has 0 aromatic heterocycles. The average molecular weight is 342 g/mol. The van der Waals surface area contributed by atoms with E-state index in [4.69, 9.17) is 0 Å². The van der Waals surface area contributed by atoms with Crippen molar-refractivity contribution in [1.29, 1.82) is 5.26 Å². The molecule has 2 atom stereocenters. The summed E-state index contributed by atoms with van der Waals surface area (Å²) in [5, 5.41) is 10.4. The number of likely N-dealkylation sites (tertiary alicyclic amines) is 1. The van der Waals surface area contributed by atoms with Crippen LogP contribution in [0.15, 0.2) is 39.8 Å². The Bertz CT molecular complexity index is 712. The number of hydrogen-bond donors (Lipinski definition) is 1. The largest absolute Gasteiger partial charge is 0.337 e. The normalized spacial score (nSPS) is 28.2. The predicted molar refractivity (Wildman–Crippen MR) is 96.9 cm³/mol. The zero-order chi connectivity index (χ0) is 17.3. The molecule has 1 saturated heterocycles. The fraction of sp³-hybridized carbons (Fsp3) is 0.474. The number of piperidine rings is 1. The van der Waals surface area contributed by atoms with E-state index in [1.165, 1.54) is 23.1 Å². The maximum Gasteiger partial charge on any atom is 0.230 e. The third kappa shape index (κ3) is 3.35. The SMILES string of the molecule is C[C@H]1C[C@H](C)C[NH+](CC(=O)/C(C#N)=C2\Sc3ccccc3N2C)C1. The second-order valence-electron chi connectivity index (χ2n) is 7.13. The van der Waals surface area contributed by atoms with Crippen LogP contribution >= 0.6 is 11.8 Å². The van der Waals surface area contributed by atoms with Gasteiger partial charge in [0.15, 0.2) is 0 Å². The van der Waals surface area contributed by atoms with E-state index >= 15 is 0 Å². The number of carbonyl (C=O) groups is 1. The average Bonchev–Trinajstić information content (AvgIpc) is 2.84. The number of nitrogens with one attached hydrogen (secondary N) is 1. The standard InChI is InChI=1S/C19H23N3OS/c1-13-8-14(2)11-22(10-13)12-17(23)15(9-20)19-21(3)16-6-4-5-7-18(16)24-19/h4-7,13-14H,8,10-12H2,1-3H3/p+1/b19-15-/t13-,14-/m0/s1. The van der Waals surface area contributed by atoms with Crippen molar-refractivity contribution in [2.45, 2.75) is 25.2 Å². The Balaban J connectivity index is 1.80. The number of benzene rings is 1. The van der Waals surface area contributed by atoms with Crippen LogP contribution in [-0.4, -0.2) is 32.5 Å². The van der Waals surface area contributed by atoms with Crippen LogP contribution in [0.2, 0.25) is 0 Å². The highest BCUT2D eigenvalue weighted by Gasteiger charge is 2.31. The van der Waals surface area contributed by atoms with Gasteiger partial charge in [-0.15, -0.1) is 0 Å². The van der Waals surface area contributed by atoms with Crippen LogP contribution in [0.25, 0.3) is 0 Å². The number of quaternary nitrogens is 1. The molecule has 24 heavy (non-hydrogen) atoms. The number of thioether (sulfide) groups is 1. The third-order valence-corrected chi connectivity index (χ3v) is 6.07. The molecule has 1 aromatic rings. The zero-order valence-electron chi connectivity index (χ0n) is 14.5. The molecule has 4 nitrogen and oxygen atoms in total. The fourth-order valence-electron chi connectivity index (χ4n) is 3.93. The molecule has 126 valence electrons. The molecular formula is C19H24N3OS+. The second kappa shape index (κ2) is 7.00. The second-order valence-corrected chi connectivity index (χ2v) is 8.16. The number of fused-ring (bicyclic) bond motifs is 1. The van der Waals surface area contributed by atoms with E-state index in [-0.39, 0.29) is 5.78 Å². The van der Waals surface area contributed by atoms with E-state index in [1.54, 1.807) is 0 Å². The third-order valence-electron chi connectivity index (χ3n) is 4.83. The molecule has 0 saturated carbocycles. The van der Waals surface area contributed by atoms with E-state index in [9.17, 15) is 10.1 Å². The zero-order valence-corrected chi connectivity index (χ0v) is 15.3. The summed E-state index contributed by atoms with van der Waals surface area (Å²) >= 11 is 1.52. The summed E-state index contributed by atoms with van der Waals surface area (Å²) in [6.45, 7) is 6.97. The highest BCUT2D eigenvalue weighted by Crippen LogP contribution is 2.45. The van der Waals surface area contributed by atoms with Gasteiger partial charge in [0.25, 0.3) is 0 Å². The van der Waals surface area contributed by atoms with Crippen molar-refractivity contribution in [3.63, 3.8) is 0 Å². The number of hydrogen-bond acceptors (Lipinski definition) is 4. The van der Waals surface area contributed by atoms with Crippen LogP contribution in [0.5, 0.6) is 0 Å². The minimum atomic E-state index is -0.0315. The molecule has 1 fully saturated rings. The lowest BCUT2D eigenvalue weighted by atomic mass is 9.91. The van der Waals surface area contributed by atoms with Crippen molar-refractivity contribution in [2.24, 2.45) is 11.8 Å². The number of para-hydroxylation sites is 1. The summed E-state index contributed by atoms with van der Waals surface area (Å²) in [4.78, 5) is 17.2. The number of rotatable bonds is 3. The van der Waals surface area contributed by atoms with E-state index in [2.05, 4.69) is 19.9 Å². The summed E-state index contributed by atoms with van der Waals surface area (Å²) in [5.41, 5.74) is 1.36. The fourth-order valence-corrected chi connectivity index (χ4v) is 5.09. The van der Waals surface area contributed by atoms with Crippen LogP contribution in [0.1, 0.15) is 20.3 Å².